The SMILES string of the molecule is COC[C@@H]1Nc2ccccc2[C@H]2[C@@H]1CCN2C(=O)[C@H]1CCCC[C@H]1NCC(N)=O. The van der Waals surface area contributed by atoms with E-state index in [-0.39, 0.29) is 42.4 Å². The van der Waals surface area contributed by atoms with E-state index in [0.717, 1.165) is 44.3 Å². The van der Waals surface area contributed by atoms with Crippen LogP contribution in [0.5, 0.6) is 0 Å². The summed E-state index contributed by atoms with van der Waals surface area (Å²) < 4.78 is 5.47. The summed E-state index contributed by atoms with van der Waals surface area (Å²) in [7, 11) is 1.73. The zero-order chi connectivity index (χ0) is 20.4. The minimum absolute atomic E-state index is 0.0227. The third kappa shape index (κ3) is 3.98. The van der Waals surface area contributed by atoms with Crippen LogP contribution < -0.4 is 16.4 Å². The van der Waals surface area contributed by atoms with E-state index in [4.69, 9.17) is 10.5 Å². The van der Waals surface area contributed by atoms with Crippen LogP contribution >= 0.6 is 0 Å². The van der Waals surface area contributed by atoms with Crippen LogP contribution in [0.4, 0.5) is 5.69 Å². The molecule has 0 bridgehead atoms. The van der Waals surface area contributed by atoms with Gasteiger partial charge in [0.1, 0.15) is 0 Å². The molecule has 7 nitrogen and oxygen atoms in total. The van der Waals surface area contributed by atoms with Crippen molar-refractivity contribution < 1.29 is 14.3 Å². The number of nitrogens with two attached hydrogens (primary N) is 1. The van der Waals surface area contributed by atoms with Gasteiger partial charge in [0.05, 0.1) is 31.2 Å². The van der Waals surface area contributed by atoms with Gasteiger partial charge in [-0.2, -0.15) is 0 Å². The van der Waals surface area contributed by atoms with Gasteiger partial charge >= 0.3 is 0 Å². The number of carbonyl (C=O) groups excluding carboxylic acids is 2. The molecule has 1 aromatic rings. The zero-order valence-corrected chi connectivity index (χ0v) is 17.1. The predicted octanol–water partition coefficient (Wildman–Crippen LogP) is 1.65. The molecule has 2 fully saturated rings. The van der Waals surface area contributed by atoms with Crippen molar-refractivity contribution in [1.82, 2.24) is 10.2 Å². The van der Waals surface area contributed by atoms with Crippen molar-refractivity contribution in [1.29, 1.82) is 0 Å². The number of fused-ring (bicyclic) bond motifs is 3. The number of primary amides is 1. The molecular weight excluding hydrogens is 368 g/mol. The molecule has 3 aliphatic rings. The van der Waals surface area contributed by atoms with Gasteiger partial charge < -0.3 is 26.0 Å². The standard InChI is InChI=1S/C22H32N4O3/c1-29-13-19-15-10-11-26(21(15)14-6-2-5-9-18(14)25-19)22(28)16-7-3-4-8-17(16)24-12-20(23)27/h2,5-6,9,15-17,19,21,24-25H,3-4,7-8,10-13H2,1H3,(H2,23,27)/t15-,16+,17-,19+,21+/m1/s1. The Morgan fingerprint density at radius 2 is 2.03 bits per heavy atom. The Labute approximate surface area is 172 Å². The molecule has 1 aromatic carbocycles. The van der Waals surface area contributed by atoms with E-state index in [9.17, 15) is 9.59 Å². The maximum absolute atomic E-state index is 13.7. The van der Waals surface area contributed by atoms with E-state index in [1.54, 1.807) is 7.11 Å². The van der Waals surface area contributed by atoms with Crippen molar-refractivity contribution in [2.45, 2.75) is 50.2 Å². The topological polar surface area (TPSA) is 96.7 Å². The Morgan fingerprint density at radius 3 is 2.83 bits per heavy atom. The molecule has 2 heterocycles. The van der Waals surface area contributed by atoms with E-state index in [1.165, 1.54) is 5.56 Å². The fraction of sp³-hybridized carbons (Fsp3) is 0.636. The summed E-state index contributed by atoms with van der Waals surface area (Å²) in [5.41, 5.74) is 7.62. The Hall–Kier alpha value is -2.12. The minimum Gasteiger partial charge on any atom is -0.383 e. The summed E-state index contributed by atoms with van der Waals surface area (Å²) in [6.45, 7) is 1.52. The molecule has 4 N–H and O–H groups in total. The molecular formula is C22H32N4O3. The highest BCUT2D eigenvalue weighted by atomic mass is 16.5. The second-order valence-corrected chi connectivity index (χ2v) is 8.57. The molecule has 0 spiro atoms. The molecule has 2 amide bonds. The van der Waals surface area contributed by atoms with Crippen LogP contribution in [-0.2, 0) is 14.3 Å². The molecule has 0 radical (unpaired) electrons. The van der Waals surface area contributed by atoms with Crippen molar-refractivity contribution >= 4 is 17.5 Å². The van der Waals surface area contributed by atoms with Crippen LogP contribution in [0, 0.1) is 11.8 Å². The number of nitrogens with zero attached hydrogens (tertiary/aromatic N) is 1. The van der Waals surface area contributed by atoms with Gasteiger partial charge in [0.2, 0.25) is 11.8 Å². The number of rotatable bonds is 6. The Balaban J connectivity index is 1.58. The monoisotopic (exact) mass is 400 g/mol. The lowest BCUT2D eigenvalue weighted by atomic mass is 9.81. The van der Waals surface area contributed by atoms with Crippen molar-refractivity contribution in [2.24, 2.45) is 17.6 Å². The summed E-state index contributed by atoms with van der Waals surface area (Å²) in [5.74, 6) is 0.0870. The van der Waals surface area contributed by atoms with E-state index in [2.05, 4.69) is 27.7 Å². The van der Waals surface area contributed by atoms with Crippen molar-refractivity contribution in [3.8, 4) is 0 Å². The summed E-state index contributed by atoms with van der Waals surface area (Å²) in [6.07, 6.45) is 4.88. The molecule has 0 aromatic heterocycles. The van der Waals surface area contributed by atoms with Gasteiger partial charge in [0.15, 0.2) is 0 Å². The first kappa shape index (κ1) is 20.2. The van der Waals surface area contributed by atoms with Gasteiger partial charge in [-0.25, -0.2) is 0 Å². The number of benzene rings is 1. The number of methoxy groups -OCH3 is 1. The van der Waals surface area contributed by atoms with Crippen LogP contribution in [0.15, 0.2) is 24.3 Å². The number of nitrogens with one attached hydrogen (secondary N) is 2. The summed E-state index contributed by atoms with van der Waals surface area (Å²) in [4.78, 5) is 27.0. The van der Waals surface area contributed by atoms with Crippen LogP contribution in [0.1, 0.15) is 43.7 Å². The number of carbonyl (C=O) groups is 2. The molecule has 4 rings (SSSR count). The molecule has 5 atom stereocenters. The van der Waals surface area contributed by atoms with Crippen LogP contribution in [-0.4, -0.2) is 55.6 Å². The summed E-state index contributed by atoms with van der Waals surface area (Å²) >= 11 is 0. The molecule has 0 unspecified atom stereocenters. The molecule has 7 heteroatoms. The smallest absolute Gasteiger partial charge is 0.231 e. The lowest BCUT2D eigenvalue weighted by Crippen LogP contribution is -2.50. The maximum Gasteiger partial charge on any atom is 0.231 e. The second kappa shape index (κ2) is 8.71. The number of hydrogen-bond acceptors (Lipinski definition) is 5. The molecule has 1 saturated carbocycles. The van der Waals surface area contributed by atoms with Gasteiger partial charge in [-0.05, 0) is 30.9 Å². The van der Waals surface area contributed by atoms with Crippen molar-refractivity contribution in [3.05, 3.63) is 29.8 Å². The van der Waals surface area contributed by atoms with Crippen LogP contribution in [0.2, 0.25) is 0 Å². The van der Waals surface area contributed by atoms with Crippen LogP contribution in [0.3, 0.4) is 0 Å². The molecule has 2 aliphatic heterocycles. The quantitative estimate of drug-likeness (QED) is 0.675. The van der Waals surface area contributed by atoms with Crippen molar-refractivity contribution in [3.63, 3.8) is 0 Å². The molecule has 158 valence electrons. The van der Waals surface area contributed by atoms with Crippen molar-refractivity contribution in [2.75, 3.05) is 32.1 Å². The first-order valence-corrected chi connectivity index (χ1v) is 10.8. The highest BCUT2D eigenvalue weighted by molar-refractivity contribution is 5.81. The first-order chi connectivity index (χ1) is 14.1. The number of ether oxygens (including phenoxy) is 1. The van der Waals surface area contributed by atoms with E-state index >= 15 is 0 Å². The highest BCUT2D eigenvalue weighted by Gasteiger charge is 2.47. The van der Waals surface area contributed by atoms with Gasteiger partial charge in [0.25, 0.3) is 0 Å². The largest absolute Gasteiger partial charge is 0.383 e. The molecule has 1 aliphatic carbocycles. The minimum atomic E-state index is -0.377. The predicted molar refractivity (Wildman–Crippen MR) is 111 cm³/mol. The Morgan fingerprint density at radius 1 is 1.24 bits per heavy atom. The number of hydrogen-bond donors (Lipinski definition) is 3. The van der Waals surface area contributed by atoms with Gasteiger partial charge in [-0.3, -0.25) is 9.59 Å². The van der Waals surface area contributed by atoms with E-state index < -0.39 is 0 Å². The average molecular weight is 401 g/mol. The van der Waals surface area contributed by atoms with Gasteiger partial charge in [-0.15, -0.1) is 0 Å². The third-order valence-electron chi connectivity index (χ3n) is 6.83. The fourth-order valence-electron chi connectivity index (χ4n) is 5.54. The fourth-order valence-corrected chi connectivity index (χ4v) is 5.54. The second-order valence-electron chi connectivity index (χ2n) is 8.57. The normalized spacial score (nSPS) is 30.9. The lowest BCUT2D eigenvalue weighted by Gasteiger charge is -2.41. The third-order valence-corrected chi connectivity index (χ3v) is 6.83. The lowest BCUT2D eigenvalue weighted by molar-refractivity contribution is -0.139. The van der Waals surface area contributed by atoms with Crippen LogP contribution in [0.25, 0.3) is 0 Å². The highest BCUT2D eigenvalue weighted by Crippen LogP contribution is 2.47. The Kier molecular flexibility index (Phi) is 6.06. The molecule has 29 heavy (non-hydrogen) atoms. The average Bonchev–Trinajstić information content (AvgIpc) is 3.18. The van der Waals surface area contributed by atoms with E-state index in [1.807, 2.05) is 12.1 Å². The zero-order valence-electron chi connectivity index (χ0n) is 17.1. The molecule has 1 saturated heterocycles. The number of para-hydroxylation sites is 1. The Bertz CT molecular complexity index is 755. The first-order valence-electron chi connectivity index (χ1n) is 10.8. The maximum atomic E-state index is 13.7. The number of amides is 2. The van der Waals surface area contributed by atoms with Gasteiger partial charge in [0, 0.05) is 31.3 Å². The van der Waals surface area contributed by atoms with Gasteiger partial charge in [-0.1, -0.05) is 31.0 Å². The van der Waals surface area contributed by atoms with E-state index in [0.29, 0.717) is 12.5 Å². The number of likely N-dealkylation sites (tertiary alicyclic amines) is 1. The number of anilines is 1. The summed E-state index contributed by atoms with van der Waals surface area (Å²) in [6, 6.07) is 8.61. The summed E-state index contributed by atoms with van der Waals surface area (Å²) in [5, 5.41) is 6.86.